The number of anilines is 1. The predicted molar refractivity (Wildman–Crippen MR) is 82.4 cm³/mol. The zero-order valence-electron chi connectivity index (χ0n) is 12.2. The summed E-state index contributed by atoms with van der Waals surface area (Å²) >= 11 is 0. The van der Waals surface area contributed by atoms with Gasteiger partial charge in [-0.15, -0.1) is 0 Å². The third kappa shape index (κ3) is 3.02. The molecule has 0 radical (unpaired) electrons. The summed E-state index contributed by atoms with van der Waals surface area (Å²) < 4.78 is 14.3. The molecule has 2 aliphatic rings. The van der Waals surface area contributed by atoms with E-state index >= 15 is 0 Å². The Morgan fingerprint density at radius 3 is 2.81 bits per heavy atom. The number of aliphatic hydroxyl groups is 1. The number of halogens is 1. The molecule has 1 fully saturated rings. The van der Waals surface area contributed by atoms with Gasteiger partial charge in [-0.3, -0.25) is 4.99 Å². The lowest BCUT2D eigenvalue weighted by molar-refractivity contribution is 0.203. The molecule has 1 aromatic carbocycles. The Kier molecular flexibility index (Phi) is 4.39. The molecule has 1 saturated heterocycles. The van der Waals surface area contributed by atoms with Crippen molar-refractivity contribution in [1.82, 2.24) is 5.32 Å². The molecule has 0 bridgehead atoms. The highest BCUT2D eigenvalue weighted by atomic mass is 19.1. The van der Waals surface area contributed by atoms with E-state index in [1.165, 1.54) is 6.07 Å². The summed E-state index contributed by atoms with van der Waals surface area (Å²) in [6, 6.07) is 5.23. The van der Waals surface area contributed by atoms with Crippen molar-refractivity contribution in [1.29, 1.82) is 0 Å². The van der Waals surface area contributed by atoms with Crippen LogP contribution in [-0.4, -0.2) is 43.7 Å². The SMILES string of the molecule is OCC1CCN(c2cccc(F)c2C2=NCCCN2)CC1. The Bertz CT molecular complexity index is 524. The minimum atomic E-state index is -0.218. The van der Waals surface area contributed by atoms with Gasteiger partial charge in [-0.05, 0) is 37.3 Å². The Hall–Kier alpha value is -1.62. The normalized spacial score (nSPS) is 20.1. The Morgan fingerprint density at radius 1 is 1.33 bits per heavy atom. The second-order valence-electron chi connectivity index (χ2n) is 5.76. The van der Waals surface area contributed by atoms with Crippen LogP contribution in [0.3, 0.4) is 0 Å². The summed E-state index contributed by atoms with van der Waals surface area (Å²) in [5, 5.41) is 12.5. The lowest BCUT2D eigenvalue weighted by atomic mass is 9.96. The van der Waals surface area contributed by atoms with Crippen LogP contribution < -0.4 is 10.2 Å². The van der Waals surface area contributed by atoms with E-state index < -0.39 is 0 Å². The van der Waals surface area contributed by atoms with Crippen LogP contribution in [0.2, 0.25) is 0 Å². The highest BCUT2D eigenvalue weighted by Crippen LogP contribution is 2.28. The third-order valence-electron chi connectivity index (χ3n) is 4.34. The average molecular weight is 291 g/mol. The van der Waals surface area contributed by atoms with Crippen molar-refractivity contribution in [3.63, 3.8) is 0 Å². The number of hydrogen-bond acceptors (Lipinski definition) is 4. The van der Waals surface area contributed by atoms with Crippen LogP contribution in [0.25, 0.3) is 0 Å². The number of piperidine rings is 1. The number of aliphatic hydroxyl groups excluding tert-OH is 1. The molecule has 0 saturated carbocycles. The molecule has 0 aromatic heterocycles. The zero-order chi connectivity index (χ0) is 14.7. The van der Waals surface area contributed by atoms with E-state index in [2.05, 4.69) is 15.2 Å². The van der Waals surface area contributed by atoms with Gasteiger partial charge in [0.1, 0.15) is 11.7 Å². The number of rotatable bonds is 3. The first kappa shape index (κ1) is 14.3. The van der Waals surface area contributed by atoms with Crippen molar-refractivity contribution in [2.75, 3.05) is 37.7 Å². The first-order valence-electron chi connectivity index (χ1n) is 7.72. The van der Waals surface area contributed by atoms with E-state index in [1.54, 1.807) is 6.07 Å². The third-order valence-corrected chi connectivity index (χ3v) is 4.34. The summed E-state index contributed by atoms with van der Waals surface area (Å²) in [6.07, 6.45) is 2.90. The molecule has 114 valence electrons. The number of benzene rings is 1. The molecule has 2 N–H and O–H groups in total. The van der Waals surface area contributed by atoms with Crippen molar-refractivity contribution >= 4 is 11.5 Å². The van der Waals surface area contributed by atoms with Gasteiger partial charge >= 0.3 is 0 Å². The average Bonchev–Trinajstić information content (AvgIpc) is 2.55. The van der Waals surface area contributed by atoms with Crippen LogP contribution in [0.1, 0.15) is 24.8 Å². The molecule has 0 aliphatic carbocycles. The molecule has 0 unspecified atom stereocenters. The topological polar surface area (TPSA) is 47.9 Å². The standard InChI is InChI=1S/C16H22FN3O/c17-13-3-1-4-14(15(13)16-18-7-2-8-19-16)20-9-5-12(11-21)6-10-20/h1,3-4,12,21H,2,5-11H2,(H,18,19). The van der Waals surface area contributed by atoms with Crippen molar-refractivity contribution in [3.05, 3.63) is 29.6 Å². The van der Waals surface area contributed by atoms with E-state index in [4.69, 9.17) is 0 Å². The van der Waals surface area contributed by atoms with Crippen molar-refractivity contribution in [2.24, 2.45) is 10.9 Å². The highest BCUT2D eigenvalue weighted by molar-refractivity contribution is 6.04. The molecule has 3 rings (SSSR count). The maximum atomic E-state index is 14.3. The Morgan fingerprint density at radius 2 is 2.14 bits per heavy atom. The van der Waals surface area contributed by atoms with Gasteiger partial charge in [0.25, 0.3) is 0 Å². The molecule has 2 aliphatic heterocycles. The fourth-order valence-electron chi connectivity index (χ4n) is 3.07. The largest absolute Gasteiger partial charge is 0.396 e. The van der Waals surface area contributed by atoms with Gasteiger partial charge in [0.05, 0.1) is 11.3 Å². The minimum Gasteiger partial charge on any atom is -0.396 e. The van der Waals surface area contributed by atoms with Crippen LogP contribution in [-0.2, 0) is 0 Å². The number of aliphatic imine (C=N–C) groups is 1. The van der Waals surface area contributed by atoms with E-state index in [1.807, 2.05) is 6.07 Å². The van der Waals surface area contributed by atoms with Crippen LogP contribution >= 0.6 is 0 Å². The van der Waals surface area contributed by atoms with E-state index in [-0.39, 0.29) is 12.4 Å². The lowest BCUT2D eigenvalue weighted by Gasteiger charge is -2.34. The van der Waals surface area contributed by atoms with Crippen LogP contribution in [0.15, 0.2) is 23.2 Å². The molecule has 1 aromatic rings. The molecule has 21 heavy (non-hydrogen) atoms. The Labute approximate surface area is 124 Å². The van der Waals surface area contributed by atoms with Crippen molar-refractivity contribution in [2.45, 2.75) is 19.3 Å². The molecule has 0 spiro atoms. The molecular weight excluding hydrogens is 269 g/mol. The summed E-state index contributed by atoms with van der Waals surface area (Å²) in [5.41, 5.74) is 1.51. The maximum absolute atomic E-state index is 14.3. The van der Waals surface area contributed by atoms with Gasteiger partial charge in [-0.2, -0.15) is 0 Å². The van der Waals surface area contributed by atoms with E-state index in [9.17, 15) is 9.50 Å². The number of nitrogens with zero attached hydrogens (tertiary/aromatic N) is 2. The predicted octanol–water partition coefficient (Wildman–Crippen LogP) is 1.77. The fourth-order valence-corrected chi connectivity index (χ4v) is 3.07. The minimum absolute atomic E-state index is 0.218. The second-order valence-corrected chi connectivity index (χ2v) is 5.76. The Balaban J connectivity index is 1.88. The van der Waals surface area contributed by atoms with Crippen molar-refractivity contribution < 1.29 is 9.50 Å². The molecular formula is C16H22FN3O. The maximum Gasteiger partial charge on any atom is 0.136 e. The zero-order valence-corrected chi connectivity index (χ0v) is 12.2. The second kappa shape index (κ2) is 6.43. The van der Waals surface area contributed by atoms with E-state index in [0.29, 0.717) is 17.3 Å². The number of nitrogens with one attached hydrogen (secondary N) is 1. The summed E-state index contributed by atoms with van der Waals surface area (Å²) in [6.45, 7) is 3.56. The summed E-state index contributed by atoms with van der Waals surface area (Å²) in [7, 11) is 0. The van der Waals surface area contributed by atoms with Gasteiger partial charge in [-0.1, -0.05) is 6.07 Å². The number of hydrogen-bond donors (Lipinski definition) is 2. The lowest BCUT2D eigenvalue weighted by Crippen LogP contribution is -2.38. The monoisotopic (exact) mass is 291 g/mol. The van der Waals surface area contributed by atoms with Gasteiger partial charge in [0, 0.05) is 32.8 Å². The fraction of sp³-hybridized carbons (Fsp3) is 0.562. The van der Waals surface area contributed by atoms with Gasteiger partial charge in [0.15, 0.2) is 0 Å². The first-order chi connectivity index (χ1) is 10.3. The number of amidine groups is 1. The summed E-state index contributed by atoms with van der Waals surface area (Å²) in [5.74, 6) is 0.840. The smallest absolute Gasteiger partial charge is 0.136 e. The molecule has 4 nitrogen and oxygen atoms in total. The van der Waals surface area contributed by atoms with E-state index in [0.717, 1.165) is 51.1 Å². The van der Waals surface area contributed by atoms with Gasteiger partial charge in [-0.25, -0.2) is 4.39 Å². The highest BCUT2D eigenvalue weighted by Gasteiger charge is 2.24. The van der Waals surface area contributed by atoms with Gasteiger partial charge < -0.3 is 15.3 Å². The molecule has 0 amide bonds. The molecule has 0 atom stereocenters. The van der Waals surface area contributed by atoms with Crippen LogP contribution in [0.5, 0.6) is 0 Å². The van der Waals surface area contributed by atoms with Crippen LogP contribution in [0.4, 0.5) is 10.1 Å². The van der Waals surface area contributed by atoms with Gasteiger partial charge in [0.2, 0.25) is 0 Å². The van der Waals surface area contributed by atoms with Crippen LogP contribution in [0, 0.1) is 11.7 Å². The summed E-state index contributed by atoms with van der Waals surface area (Å²) in [4.78, 5) is 6.66. The first-order valence-corrected chi connectivity index (χ1v) is 7.72. The van der Waals surface area contributed by atoms with Crippen molar-refractivity contribution in [3.8, 4) is 0 Å². The molecule has 2 heterocycles. The molecule has 5 heteroatoms. The quantitative estimate of drug-likeness (QED) is 0.892.